The van der Waals surface area contributed by atoms with Crippen molar-refractivity contribution in [2.45, 2.75) is 24.5 Å². The molecular formula is C25H26N8O6S2. The van der Waals surface area contributed by atoms with E-state index in [-0.39, 0.29) is 31.1 Å². The molecule has 2 atom stereocenters. The third-order valence-electron chi connectivity index (χ3n) is 6.47. The Labute approximate surface area is 241 Å². The molecule has 214 valence electrons. The second-order valence-electron chi connectivity index (χ2n) is 9.13. The van der Waals surface area contributed by atoms with E-state index in [9.17, 15) is 24.6 Å². The SMILES string of the molecule is CO/N=C(/C(=O)NC1C(=O)N2C(C(=O)[O-])=C(C[n+]3cccc(-c4cc(N)n(CCO)n4)c3)CSC12)c1csc(N)c1. The standard InChI is InChI=1S/C25H26N8O6S2/c1-39-30-19(14-7-18(27)40-11-14)22(35)28-20-23(36)33-21(25(37)38)15(12-41-24(20)33)10-31-4-2-3-13(9-31)16-8-17(26)32(29-16)5-6-34/h2-4,7-9,11,20,24,34H,5-6,10,12,27H2,1H3,(H3-,26,28,29,35,37,38)/b30-19+. The number of nitrogen functional groups attached to an aromatic ring is 2. The molecule has 14 nitrogen and oxygen atoms in total. The molecule has 2 aliphatic rings. The molecule has 0 aliphatic carbocycles. The fraction of sp³-hybridized carbons (Fsp3) is 0.280. The number of nitrogens with zero attached hydrogens (tertiary/aromatic N) is 5. The lowest BCUT2D eigenvalue weighted by Crippen LogP contribution is -2.71. The summed E-state index contributed by atoms with van der Waals surface area (Å²) in [5, 5.41) is 33.7. The molecule has 2 amide bonds. The second-order valence-corrected chi connectivity index (χ2v) is 11.2. The normalized spacial score (nSPS) is 18.6. The molecule has 2 unspecified atom stereocenters. The van der Waals surface area contributed by atoms with E-state index >= 15 is 0 Å². The van der Waals surface area contributed by atoms with Gasteiger partial charge in [0.1, 0.15) is 30.0 Å². The molecule has 2 aliphatic heterocycles. The molecule has 0 radical (unpaired) electrons. The number of aliphatic carboxylic acids is 1. The van der Waals surface area contributed by atoms with Gasteiger partial charge in [-0.2, -0.15) is 5.10 Å². The highest BCUT2D eigenvalue weighted by atomic mass is 32.2. The molecular weight excluding hydrogens is 572 g/mol. The summed E-state index contributed by atoms with van der Waals surface area (Å²) in [4.78, 5) is 44.3. The van der Waals surface area contributed by atoms with Gasteiger partial charge < -0.3 is 36.6 Å². The number of aromatic nitrogens is 3. The molecule has 0 bridgehead atoms. The number of carbonyl (C=O) groups is 3. The van der Waals surface area contributed by atoms with Crippen molar-refractivity contribution >= 4 is 57.4 Å². The van der Waals surface area contributed by atoms with Crippen LogP contribution in [0.25, 0.3) is 11.3 Å². The maximum Gasteiger partial charge on any atom is 0.274 e. The third-order valence-corrected chi connectivity index (χ3v) is 8.57. The first kappa shape index (κ1) is 28.1. The zero-order chi connectivity index (χ0) is 29.3. The predicted octanol–water partition coefficient (Wildman–Crippen LogP) is -1.49. The summed E-state index contributed by atoms with van der Waals surface area (Å²) in [7, 11) is 1.29. The van der Waals surface area contributed by atoms with E-state index in [4.69, 9.17) is 16.3 Å². The highest BCUT2D eigenvalue weighted by Gasteiger charge is 2.53. The summed E-state index contributed by atoms with van der Waals surface area (Å²) >= 11 is 2.56. The number of thioether (sulfide) groups is 1. The Morgan fingerprint density at radius 1 is 1.37 bits per heavy atom. The summed E-state index contributed by atoms with van der Waals surface area (Å²) in [6, 6.07) is 5.91. The highest BCUT2D eigenvalue weighted by Crippen LogP contribution is 2.40. The van der Waals surface area contributed by atoms with Crippen LogP contribution in [0.1, 0.15) is 5.56 Å². The monoisotopic (exact) mass is 598 g/mol. The van der Waals surface area contributed by atoms with Crippen LogP contribution in [0.5, 0.6) is 0 Å². The Kier molecular flexibility index (Phi) is 7.96. The Morgan fingerprint density at radius 2 is 2.17 bits per heavy atom. The number of rotatable bonds is 10. The molecule has 0 saturated carbocycles. The lowest BCUT2D eigenvalue weighted by molar-refractivity contribution is -0.688. The molecule has 16 heteroatoms. The number of aliphatic hydroxyl groups is 1. The minimum absolute atomic E-state index is 0.0527. The van der Waals surface area contributed by atoms with Crippen molar-refractivity contribution in [3.05, 3.63) is 58.9 Å². The summed E-state index contributed by atoms with van der Waals surface area (Å²) in [5.74, 6) is -2.01. The molecule has 1 saturated heterocycles. The average Bonchev–Trinajstić information content (AvgIpc) is 3.55. The fourth-order valence-corrected chi connectivity index (χ4v) is 6.61. The number of carbonyl (C=O) groups excluding carboxylic acids is 3. The van der Waals surface area contributed by atoms with Crippen molar-refractivity contribution in [2.75, 3.05) is 30.9 Å². The number of nitrogens with one attached hydrogen (secondary N) is 1. The Balaban J connectivity index is 1.34. The summed E-state index contributed by atoms with van der Waals surface area (Å²) < 4.78 is 3.27. The van der Waals surface area contributed by atoms with Gasteiger partial charge in [-0.15, -0.1) is 23.1 Å². The number of anilines is 2. The minimum atomic E-state index is -1.48. The van der Waals surface area contributed by atoms with E-state index < -0.39 is 29.2 Å². The number of nitrogens with two attached hydrogens (primary N) is 2. The van der Waals surface area contributed by atoms with Crippen molar-refractivity contribution < 1.29 is 34.0 Å². The van der Waals surface area contributed by atoms with Gasteiger partial charge in [0.15, 0.2) is 24.7 Å². The van der Waals surface area contributed by atoms with Gasteiger partial charge in [0, 0.05) is 34.4 Å². The number of hydrogen-bond donors (Lipinski definition) is 4. The van der Waals surface area contributed by atoms with Gasteiger partial charge in [0.2, 0.25) is 0 Å². The van der Waals surface area contributed by atoms with E-state index in [1.54, 1.807) is 40.5 Å². The van der Waals surface area contributed by atoms with Crippen LogP contribution in [0.4, 0.5) is 10.8 Å². The van der Waals surface area contributed by atoms with Gasteiger partial charge in [-0.05, 0) is 12.1 Å². The first-order valence-electron chi connectivity index (χ1n) is 12.3. The van der Waals surface area contributed by atoms with Gasteiger partial charge in [0.25, 0.3) is 11.8 Å². The van der Waals surface area contributed by atoms with Crippen LogP contribution >= 0.6 is 23.1 Å². The largest absolute Gasteiger partial charge is 0.543 e. The Bertz CT molecular complexity index is 1580. The molecule has 1 fully saturated rings. The van der Waals surface area contributed by atoms with Crippen molar-refractivity contribution in [3.8, 4) is 11.3 Å². The number of hydrogen-bond acceptors (Lipinski definition) is 12. The van der Waals surface area contributed by atoms with Gasteiger partial charge in [-0.1, -0.05) is 5.16 Å². The van der Waals surface area contributed by atoms with Crippen molar-refractivity contribution in [1.82, 2.24) is 20.0 Å². The van der Waals surface area contributed by atoms with Gasteiger partial charge >= 0.3 is 0 Å². The number of aliphatic hydroxyl groups excluding tert-OH is 1. The van der Waals surface area contributed by atoms with Crippen molar-refractivity contribution in [1.29, 1.82) is 0 Å². The van der Waals surface area contributed by atoms with E-state index in [0.717, 1.165) is 10.5 Å². The summed E-state index contributed by atoms with van der Waals surface area (Å²) in [6.45, 7) is 0.326. The number of carboxylic acids is 1. The quantitative estimate of drug-likeness (QED) is 0.0921. The van der Waals surface area contributed by atoms with Crippen LogP contribution in [0.15, 0.2) is 58.5 Å². The van der Waals surface area contributed by atoms with Crippen LogP contribution < -0.4 is 26.5 Å². The van der Waals surface area contributed by atoms with Crippen molar-refractivity contribution in [3.63, 3.8) is 0 Å². The van der Waals surface area contributed by atoms with E-state index in [1.165, 1.54) is 34.9 Å². The number of oxime groups is 1. The van der Waals surface area contributed by atoms with Gasteiger partial charge in [-0.25, -0.2) is 9.25 Å². The Hall–Kier alpha value is -4.41. The average molecular weight is 599 g/mol. The predicted molar refractivity (Wildman–Crippen MR) is 149 cm³/mol. The van der Waals surface area contributed by atoms with E-state index in [0.29, 0.717) is 33.4 Å². The number of pyridine rings is 1. The minimum Gasteiger partial charge on any atom is -0.543 e. The Morgan fingerprint density at radius 3 is 2.85 bits per heavy atom. The maximum atomic E-state index is 13.1. The molecule has 5 rings (SSSR count). The summed E-state index contributed by atoms with van der Waals surface area (Å²) in [6.07, 6.45) is 3.56. The summed E-state index contributed by atoms with van der Waals surface area (Å²) in [5.41, 5.74) is 13.7. The lowest BCUT2D eigenvalue weighted by atomic mass is 10.0. The molecule has 0 aromatic carbocycles. The van der Waals surface area contributed by atoms with Crippen LogP contribution in [-0.2, 0) is 32.3 Å². The molecule has 6 N–H and O–H groups in total. The first-order valence-corrected chi connectivity index (χ1v) is 14.2. The van der Waals surface area contributed by atoms with Gasteiger partial charge in [0.05, 0.1) is 35.4 Å². The number of β-lactam (4-membered cyclic amide) rings is 1. The second kappa shape index (κ2) is 11.6. The number of amides is 2. The zero-order valence-corrected chi connectivity index (χ0v) is 23.4. The van der Waals surface area contributed by atoms with Crippen molar-refractivity contribution in [2.24, 2.45) is 5.16 Å². The molecule has 3 aromatic heterocycles. The van der Waals surface area contributed by atoms with Crippen LogP contribution in [0.3, 0.4) is 0 Å². The smallest absolute Gasteiger partial charge is 0.274 e. The maximum absolute atomic E-state index is 13.1. The topological polar surface area (TPSA) is 205 Å². The van der Waals surface area contributed by atoms with Crippen LogP contribution in [0.2, 0.25) is 0 Å². The number of carboxylic acid groups (broad SMARTS) is 1. The van der Waals surface area contributed by atoms with Crippen LogP contribution in [0, 0.1) is 0 Å². The van der Waals surface area contributed by atoms with Gasteiger partial charge in [-0.3, -0.25) is 14.5 Å². The fourth-order valence-electron chi connectivity index (χ4n) is 4.63. The third kappa shape index (κ3) is 5.48. The molecule has 41 heavy (non-hydrogen) atoms. The van der Waals surface area contributed by atoms with E-state index in [2.05, 4.69) is 15.6 Å². The highest BCUT2D eigenvalue weighted by molar-refractivity contribution is 8.00. The van der Waals surface area contributed by atoms with E-state index in [1.807, 2.05) is 6.07 Å². The zero-order valence-electron chi connectivity index (χ0n) is 21.7. The number of thiophene rings is 1. The first-order chi connectivity index (χ1) is 19.7. The lowest BCUT2D eigenvalue weighted by Gasteiger charge is -2.50. The molecule has 3 aromatic rings. The molecule has 5 heterocycles. The number of fused-ring (bicyclic) bond motifs is 1. The van der Waals surface area contributed by atoms with Crippen LogP contribution in [-0.4, -0.2) is 74.2 Å². The molecule has 0 spiro atoms.